The number of carbonyl (C=O) groups is 2. The van der Waals surface area contributed by atoms with Crippen molar-refractivity contribution in [3.63, 3.8) is 0 Å². The Labute approximate surface area is 234 Å². The Balaban J connectivity index is 1.41. The third kappa shape index (κ3) is 5.42. The van der Waals surface area contributed by atoms with Crippen LogP contribution in [0.5, 0.6) is 5.75 Å². The maximum atomic E-state index is 13.1. The van der Waals surface area contributed by atoms with Crippen molar-refractivity contribution in [2.24, 2.45) is 0 Å². The Bertz CT molecular complexity index is 1230. The van der Waals surface area contributed by atoms with Crippen LogP contribution in [0.4, 0.5) is 27.9 Å². The number of likely N-dealkylation sites (tertiary alicyclic amines) is 1. The highest BCUT2D eigenvalue weighted by atomic mass is 35.5. The Morgan fingerprint density at radius 3 is 2.54 bits per heavy atom. The van der Waals surface area contributed by atoms with Gasteiger partial charge in [-0.2, -0.15) is 4.98 Å². The van der Waals surface area contributed by atoms with Crippen LogP contribution < -0.4 is 25.3 Å². The van der Waals surface area contributed by atoms with Crippen LogP contribution in [-0.2, 0) is 0 Å². The van der Waals surface area contributed by atoms with Gasteiger partial charge < -0.3 is 20.3 Å². The van der Waals surface area contributed by atoms with Gasteiger partial charge in [-0.3, -0.25) is 14.7 Å². The normalized spacial score (nSPS) is 18.9. The summed E-state index contributed by atoms with van der Waals surface area (Å²) >= 11 is 6.59. The van der Waals surface area contributed by atoms with Crippen LogP contribution in [0.2, 0.25) is 5.02 Å². The highest BCUT2D eigenvalue weighted by Crippen LogP contribution is 2.40. The third-order valence-corrected chi connectivity index (χ3v) is 8.21. The fourth-order valence-electron chi connectivity index (χ4n) is 5.65. The zero-order valence-corrected chi connectivity index (χ0v) is 23.8. The lowest BCUT2D eigenvalue weighted by molar-refractivity contribution is 0.0916. The number of rotatable bonds is 7. The summed E-state index contributed by atoms with van der Waals surface area (Å²) in [6.07, 6.45) is 7.73. The zero-order chi connectivity index (χ0) is 27.7. The first-order valence-corrected chi connectivity index (χ1v) is 14.0. The predicted octanol–water partition coefficient (Wildman–Crippen LogP) is 4.26. The number of carbonyl (C=O) groups excluding carboxylic acids is 2. The summed E-state index contributed by atoms with van der Waals surface area (Å²) in [6, 6.07) is 3.53. The number of ether oxygens (including phenoxy) is 1. The number of hydrogen-bond acceptors (Lipinski definition) is 8. The van der Waals surface area contributed by atoms with Crippen LogP contribution in [0.25, 0.3) is 0 Å². The number of anilines is 4. The smallest absolute Gasteiger partial charge is 0.343 e. The van der Waals surface area contributed by atoms with Gasteiger partial charge in [0.05, 0.1) is 35.6 Å². The first-order valence-electron chi connectivity index (χ1n) is 13.7. The Morgan fingerprint density at radius 1 is 1.15 bits per heavy atom. The van der Waals surface area contributed by atoms with Crippen molar-refractivity contribution in [2.75, 3.05) is 56.1 Å². The highest BCUT2D eigenvalue weighted by molar-refractivity contribution is 6.34. The molecule has 3 amide bonds. The molecule has 0 radical (unpaired) electrons. The lowest BCUT2D eigenvalue weighted by Crippen LogP contribution is -2.59. The number of aromatic nitrogens is 2. The predicted molar refractivity (Wildman–Crippen MR) is 152 cm³/mol. The van der Waals surface area contributed by atoms with E-state index in [1.807, 2.05) is 11.9 Å². The van der Waals surface area contributed by atoms with Crippen LogP contribution >= 0.6 is 11.6 Å². The van der Waals surface area contributed by atoms with Crippen molar-refractivity contribution < 1.29 is 14.3 Å². The number of hydrazine groups is 1. The van der Waals surface area contributed by atoms with Crippen molar-refractivity contribution in [2.45, 2.75) is 57.5 Å². The van der Waals surface area contributed by atoms with Crippen molar-refractivity contribution in [1.29, 1.82) is 0 Å². The Kier molecular flexibility index (Phi) is 7.99. The fourth-order valence-corrected chi connectivity index (χ4v) is 5.90. The molecule has 0 atom stereocenters. The van der Waals surface area contributed by atoms with Crippen molar-refractivity contribution in [3.05, 3.63) is 28.9 Å². The van der Waals surface area contributed by atoms with E-state index in [0.29, 0.717) is 46.0 Å². The number of nitrogens with zero attached hydrogens (tertiary/aromatic N) is 6. The second-order valence-electron chi connectivity index (χ2n) is 10.5. The van der Waals surface area contributed by atoms with E-state index in [1.165, 1.54) is 0 Å². The van der Waals surface area contributed by atoms with Gasteiger partial charge in [0.1, 0.15) is 11.4 Å². The number of methoxy groups -OCH3 is 1. The largest absolute Gasteiger partial charge is 0.495 e. The van der Waals surface area contributed by atoms with Crippen molar-refractivity contribution in [3.8, 4) is 5.75 Å². The summed E-state index contributed by atoms with van der Waals surface area (Å²) in [7, 11) is 5.37. The van der Waals surface area contributed by atoms with Gasteiger partial charge in [-0.25, -0.2) is 14.8 Å². The van der Waals surface area contributed by atoms with Crippen LogP contribution in [-0.4, -0.2) is 84.7 Å². The van der Waals surface area contributed by atoms with Crippen molar-refractivity contribution >= 4 is 46.7 Å². The van der Waals surface area contributed by atoms with Gasteiger partial charge in [-0.1, -0.05) is 24.4 Å². The summed E-state index contributed by atoms with van der Waals surface area (Å²) in [4.78, 5) is 39.3. The van der Waals surface area contributed by atoms with Gasteiger partial charge in [0.2, 0.25) is 5.95 Å². The monoisotopic (exact) mass is 556 g/mol. The summed E-state index contributed by atoms with van der Waals surface area (Å²) in [5.41, 5.74) is 1.56. The maximum absolute atomic E-state index is 13.1. The number of benzene rings is 1. The molecule has 0 unspecified atom stereocenters. The molecule has 1 aromatic carbocycles. The maximum Gasteiger partial charge on any atom is 0.343 e. The van der Waals surface area contributed by atoms with Crippen LogP contribution in [0.3, 0.4) is 0 Å². The average Bonchev–Trinajstić information content (AvgIpc) is 3.46. The fraction of sp³-hybridized carbons (Fsp3) is 0.556. The molecule has 11 nitrogen and oxygen atoms in total. The zero-order valence-electron chi connectivity index (χ0n) is 23.0. The molecule has 3 aliphatic rings. The topological polar surface area (TPSA) is 106 Å². The van der Waals surface area contributed by atoms with Gasteiger partial charge in [0.15, 0.2) is 5.82 Å². The molecule has 3 heterocycles. The molecule has 12 heteroatoms. The molecule has 1 saturated heterocycles. The number of urea groups is 1. The molecule has 1 aromatic heterocycles. The molecule has 39 heavy (non-hydrogen) atoms. The van der Waals surface area contributed by atoms with E-state index < -0.39 is 0 Å². The van der Waals surface area contributed by atoms with Gasteiger partial charge in [0.25, 0.3) is 5.91 Å². The summed E-state index contributed by atoms with van der Waals surface area (Å²) < 4.78 is 5.61. The quantitative estimate of drug-likeness (QED) is 0.521. The van der Waals surface area contributed by atoms with E-state index >= 15 is 0 Å². The summed E-state index contributed by atoms with van der Waals surface area (Å²) in [5, 5.41) is 10.4. The minimum Gasteiger partial charge on any atom is -0.495 e. The molecular weight excluding hydrogens is 520 g/mol. The van der Waals surface area contributed by atoms with E-state index in [9.17, 15) is 9.59 Å². The first-order chi connectivity index (χ1) is 18.8. The summed E-state index contributed by atoms with van der Waals surface area (Å²) in [5.74, 6) is 1.25. The molecule has 210 valence electrons. The third-order valence-electron chi connectivity index (χ3n) is 7.90. The van der Waals surface area contributed by atoms with E-state index in [4.69, 9.17) is 21.3 Å². The van der Waals surface area contributed by atoms with Crippen molar-refractivity contribution in [1.82, 2.24) is 25.2 Å². The van der Waals surface area contributed by atoms with Crippen LogP contribution in [0.15, 0.2) is 18.3 Å². The second kappa shape index (κ2) is 11.4. The molecule has 5 rings (SSSR count). The lowest BCUT2D eigenvalue weighted by Gasteiger charge is -2.45. The average molecular weight is 557 g/mol. The number of amides is 3. The molecule has 2 aromatic rings. The molecule has 2 N–H and O–H groups in total. The second-order valence-corrected chi connectivity index (χ2v) is 10.9. The standard InChI is InChI=1S/C27H37ClN8O3/c1-5-35-27(38)34(3)22-16-29-26(32-24(22)36(35)18-8-6-7-9-18)31-21-15-20(28)19(14-23(21)39-4)25(37)30-17-10-12-33(2)13-11-17/h14-18H,5-13H2,1-4H3,(H,30,37)(H,29,31,32). The van der Waals surface area contributed by atoms with E-state index in [0.717, 1.165) is 51.6 Å². The van der Waals surface area contributed by atoms with Gasteiger partial charge in [-0.05, 0) is 64.9 Å². The summed E-state index contributed by atoms with van der Waals surface area (Å²) in [6.45, 7) is 4.40. The number of nitrogens with one attached hydrogen (secondary N) is 2. The van der Waals surface area contributed by atoms with Gasteiger partial charge in [-0.15, -0.1) is 0 Å². The molecule has 0 bridgehead atoms. The van der Waals surface area contributed by atoms with E-state index in [2.05, 4.69) is 27.6 Å². The van der Waals surface area contributed by atoms with Gasteiger partial charge in [0, 0.05) is 19.6 Å². The number of piperidine rings is 1. The first kappa shape index (κ1) is 27.3. The lowest BCUT2D eigenvalue weighted by atomic mass is 10.0. The van der Waals surface area contributed by atoms with E-state index in [-0.39, 0.29) is 24.0 Å². The number of hydrogen-bond donors (Lipinski definition) is 2. The molecule has 1 aliphatic carbocycles. The van der Waals surface area contributed by atoms with Gasteiger partial charge >= 0.3 is 6.03 Å². The van der Waals surface area contributed by atoms with E-state index in [1.54, 1.807) is 42.4 Å². The Hall–Kier alpha value is -3.31. The molecule has 0 spiro atoms. The molecule has 2 fully saturated rings. The minimum absolute atomic E-state index is 0.0937. The molecular formula is C27H37ClN8O3. The molecule has 2 aliphatic heterocycles. The van der Waals surface area contributed by atoms with Crippen LogP contribution in [0.1, 0.15) is 55.8 Å². The highest BCUT2D eigenvalue weighted by Gasteiger charge is 2.39. The minimum atomic E-state index is -0.219. The SMILES string of the molecule is CCN1C(=O)N(C)c2cnc(Nc3cc(Cl)c(C(=O)NC4CCN(C)CC4)cc3OC)nc2N1C1CCCC1. The number of halogens is 1. The Morgan fingerprint density at radius 2 is 1.87 bits per heavy atom. The van der Waals surface area contributed by atoms with Crippen LogP contribution in [0, 0.1) is 0 Å². The number of fused-ring (bicyclic) bond motifs is 1. The molecule has 1 saturated carbocycles.